The van der Waals surface area contributed by atoms with Crippen LogP contribution in [0.15, 0.2) is 60.7 Å². The van der Waals surface area contributed by atoms with Crippen molar-refractivity contribution >= 4 is 23.3 Å². The molecule has 1 aliphatic rings. The Morgan fingerprint density at radius 2 is 1.91 bits per heavy atom. The molecule has 1 heterocycles. The highest BCUT2D eigenvalue weighted by molar-refractivity contribution is 6.31. The monoisotopic (exact) mass is 457 g/mol. The van der Waals surface area contributed by atoms with E-state index < -0.39 is 0 Å². The van der Waals surface area contributed by atoms with Crippen molar-refractivity contribution in [3.05, 3.63) is 71.3 Å². The molecule has 0 bridgehead atoms. The second kappa shape index (κ2) is 12.3. The minimum Gasteiger partial charge on any atom is -0.490 e. The first-order chi connectivity index (χ1) is 15.5. The molecule has 0 saturated carbocycles. The highest BCUT2D eigenvalue weighted by Crippen LogP contribution is 2.19. The number of anilines is 1. The van der Waals surface area contributed by atoms with Gasteiger partial charge in [0.25, 0.3) is 0 Å². The lowest BCUT2D eigenvalue weighted by molar-refractivity contribution is 0.184. The van der Waals surface area contributed by atoms with Gasteiger partial charge < -0.3 is 26.0 Å². The largest absolute Gasteiger partial charge is 0.490 e. The van der Waals surface area contributed by atoms with Gasteiger partial charge in [0, 0.05) is 50.8 Å². The molecule has 0 atom stereocenters. The Balaban J connectivity index is 1.58. The third-order valence-electron chi connectivity index (χ3n) is 5.28. The molecule has 2 amide bonds. The summed E-state index contributed by atoms with van der Waals surface area (Å²) in [4.78, 5) is 17.1. The van der Waals surface area contributed by atoms with Gasteiger partial charge in [-0.15, -0.1) is 0 Å². The first kappa shape index (κ1) is 23.9. The molecule has 8 heteroatoms. The zero-order valence-corrected chi connectivity index (χ0v) is 19.1. The molecule has 0 spiro atoms. The number of carbonyl (C=O) groups excluding carboxylic acids is 1. The Morgan fingerprint density at radius 1 is 1.19 bits per heavy atom. The van der Waals surface area contributed by atoms with Crippen LogP contribution >= 0.6 is 11.6 Å². The predicted molar refractivity (Wildman–Crippen MR) is 130 cm³/mol. The standard InChI is InChI=1S/C24H32ClN5O2/c1-19(17-29-12-10-27-11-13-29)18-30(14-15-32-23-9-5-4-8-22(23)26)24(31)28-16-20-6-2-3-7-21(20)25/h2-9,27H,1,10-18,26H2,(H,28,31). The Hall–Kier alpha value is -2.74. The number of nitrogens with zero attached hydrogens (tertiary/aromatic N) is 2. The van der Waals surface area contributed by atoms with Crippen molar-refractivity contribution in [3.8, 4) is 5.75 Å². The number of hydrogen-bond acceptors (Lipinski definition) is 5. The smallest absolute Gasteiger partial charge is 0.318 e. The van der Waals surface area contributed by atoms with Gasteiger partial charge in [0.2, 0.25) is 0 Å². The number of urea groups is 1. The number of nitrogens with one attached hydrogen (secondary N) is 2. The number of halogens is 1. The van der Waals surface area contributed by atoms with Gasteiger partial charge in [-0.3, -0.25) is 4.90 Å². The van der Waals surface area contributed by atoms with E-state index in [0.29, 0.717) is 42.7 Å². The van der Waals surface area contributed by atoms with Crippen molar-refractivity contribution in [3.63, 3.8) is 0 Å². The van der Waals surface area contributed by atoms with Crippen molar-refractivity contribution in [2.75, 3.05) is 58.2 Å². The molecule has 0 unspecified atom stereocenters. The van der Waals surface area contributed by atoms with Crippen LogP contribution in [0.5, 0.6) is 5.75 Å². The number of nitrogens with two attached hydrogens (primary N) is 1. The van der Waals surface area contributed by atoms with Gasteiger partial charge in [-0.05, 0) is 29.3 Å². The summed E-state index contributed by atoms with van der Waals surface area (Å²) in [6.07, 6.45) is 0. The minimum absolute atomic E-state index is 0.184. The maximum absolute atomic E-state index is 13.0. The van der Waals surface area contributed by atoms with E-state index in [9.17, 15) is 4.79 Å². The lowest BCUT2D eigenvalue weighted by Crippen LogP contribution is -2.46. The molecule has 4 N–H and O–H groups in total. The summed E-state index contributed by atoms with van der Waals surface area (Å²) in [5.74, 6) is 0.614. The molecule has 32 heavy (non-hydrogen) atoms. The zero-order chi connectivity index (χ0) is 22.8. The molecule has 2 aromatic carbocycles. The lowest BCUT2D eigenvalue weighted by atomic mass is 10.2. The quantitative estimate of drug-likeness (QED) is 0.377. The van der Waals surface area contributed by atoms with Crippen molar-refractivity contribution in [2.45, 2.75) is 6.54 Å². The summed E-state index contributed by atoms with van der Waals surface area (Å²) in [6, 6.07) is 14.6. The topological polar surface area (TPSA) is 82.9 Å². The predicted octanol–water partition coefficient (Wildman–Crippen LogP) is 2.97. The second-order valence-electron chi connectivity index (χ2n) is 7.83. The summed E-state index contributed by atoms with van der Waals surface area (Å²) < 4.78 is 5.81. The van der Waals surface area contributed by atoms with Crippen LogP contribution in [0.2, 0.25) is 5.02 Å². The van der Waals surface area contributed by atoms with Crippen LogP contribution in [-0.2, 0) is 6.54 Å². The van der Waals surface area contributed by atoms with Gasteiger partial charge in [-0.1, -0.05) is 48.5 Å². The van der Waals surface area contributed by atoms with Crippen molar-refractivity contribution in [2.24, 2.45) is 0 Å². The van der Waals surface area contributed by atoms with E-state index in [-0.39, 0.29) is 6.03 Å². The van der Waals surface area contributed by atoms with Crippen molar-refractivity contribution in [1.29, 1.82) is 0 Å². The Kier molecular flexibility index (Phi) is 9.22. The number of para-hydroxylation sites is 2. The van der Waals surface area contributed by atoms with E-state index in [2.05, 4.69) is 22.1 Å². The summed E-state index contributed by atoms with van der Waals surface area (Å²) in [6.45, 7) is 10.4. The summed E-state index contributed by atoms with van der Waals surface area (Å²) >= 11 is 6.22. The molecule has 1 saturated heterocycles. The number of carbonyl (C=O) groups is 1. The molecule has 0 aliphatic carbocycles. The van der Waals surface area contributed by atoms with Crippen LogP contribution in [-0.4, -0.2) is 68.3 Å². The van der Waals surface area contributed by atoms with Gasteiger partial charge in [-0.2, -0.15) is 0 Å². The molecule has 1 fully saturated rings. The lowest BCUT2D eigenvalue weighted by Gasteiger charge is -2.30. The number of piperazine rings is 1. The normalized spacial score (nSPS) is 14.0. The molecule has 1 aliphatic heterocycles. The van der Waals surface area contributed by atoms with Crippen LogP contribution in [0, 0.1) is 0 Å². The molecule has 2 aromatic rings. The first-order valence-corrected chi connectivity index (χ1v) is 11.2. The molecule has 7 nitrogen and oxygen atoms in total. The number of rotatable bonds is 10. The van der Waals surface area contributed by atoms with Gasteiger partial charge in [0.15, 0.2) is 0 Å². The first-order valence-electron chi connectivity index (χ1n) is 10.9. The average Bonchev–Trinajstić information content (AvgIpc) is 2.79. The van der Waals surface area contributed by atoms with Crippen molar-refractivity contribution in [1.82, 2.24) is 20.4 Å². The number of ether oxygens (including phenoxy) is 1. The molecule has 0 radical (unpaired) electrons. The van der Waals surface area contributed by atoms with E-state index in [0.717, 1.165) is 43.9 Å². The molecule has 3 rings (SSSR count). The highest BCUT2D eigenvalue weighted by atomic mass is 35.5. The highest BCUT2D eigenvalue weighted by Gasteiger charge is 2.17. The fraction of sp³-hybridized carbons (Fsp3) is 0.375. The van der Waals surface area contributed by atoms with E-state index >= 15 is 0 Å². The van der Waals surface area contributed by atoms with Crippen LogP contribution in [0.3, 0.4) is 0 Å². The fourth-order valence-corrected chi connectivity index (χ4v) is 3.76. The number of benzene rings is 2. The van der Waals surface area contributed by atoms with Crippen LogP contribution in [0.1, 0.15) is 5.56 Å². The van der Waals surface area contributed by atoms with E-state index in [1.54, 1.807) is 11.0 Å². The molecular weight excluding hydrogens is 426 g/mol. The number of hydrogen-bond donors (Lipinski definition) is 3. The molecule has 0 aromatic heterocycles. The van der Waals surface area contributed by atoms with Crippen LogP contribution in [0.4, 0.5) is 10.5 Å². The van der Waals surface area contributed by atoms with Crippen LogP contribution < -0.4 is 21.1 Å². The third kappa shape index (κ3) is 7.44. The van der Waals surface area contributed by atoms with Crippen LogP contribution in [0.25, 0.3) is 0 Å². The molecular formula is C24H32ClN5O2. The number of amides is 2. The average molecular weight is 458 g/mol. The molecule has 172 valence electrons. The Morgan fingerprint density at radius 3 is 2.66 bits per heavy atom. The van der Waals surface area contributed by atoms with E-state index in [1.807, 2.05) is 42.5 Å². The summed E-state index contributed by atoms with van der Waals surface area (Å²) in [5.41, 5.74) is 8.38. The second-order valence-corrected chi connectivity index (χ2v) is 8.24. The van der Waals surface area contributed by atoms with Gasteiger partial charge >= 0.3 is 6.03 Å². The van der Waals surface area contributed by atoms with Gasteiger partial charge in [0.1, 0.15) is 12.4 Å². The fourth-order valence-electron chi connectivity index (χ4n) is 3.56. The maximum atomic E-state index is 13.0. The SMILES string of the molecule is C=C(CN1CCNCC1)CN(CCOc1ccccc1N)C(=O)NCc1ccccc1Cl. The Labute approximate surface area is 195 Å². The third-order valence-corrected chi connectivity index (χ3v) is 5.65. The summed E-state index contributed by atoms with van der Waals surface area (Å²) in [5, 5.41) is 6.94. The Bertz CT molecular complexity index is 901. The van der Waals surface area contributed by atoms with Crippen molar-refractivity contribution < 1.29 is 9.53 Å². The minimum atomic E-state index is -0.184. The van der Waals surface area contributed by atoms with Gasteiger partial charge in [0.05, 0.1) is 12.2 Å². The van der Waals surface area contributed by atoms with E-state index in [4.69, 9.17) is 22.1 Å². The van der Waals surface area contributed by atoms with Gasteiger partial charge in [-0.25, -0.2) is 4.79 Å². The number of nitrogen functional groups attached to an aromatic ring is 1. The zero-order valence-electron chi connectivity index (χ0n) is 18.4. The maximum Gasteiger partial charge on any atom is 0.318 e. The van der Waals surface area contributed by atoms with E-state index in [1.165, 1.54) is 0 Å². The summed E-state index contributed by atoms with van der Waals surface area (Å²) in [7, 11) is 0.